The van der Waals surface area contributed by atoms with Gasteiger partial charge in [0.2, 0.25) is 5.91 Å². The molecule has 0 aromatic carbocycles. The Balaban J connectivity index is 0.00000243. The van der Waals surface area contributed by atoms with Gasteiger partial charge in [-0.3, -0.25) is 4.79 Å². The quantitative estimate of drug-likeness (QED) is 0.395. The zero-order valence-corrected chi connectivity index (χ0v) is 17.5. The molecule has 3 rings (SSSR count). The van der Waals surface area contributed by atoms with Crippen molar-refractivity contribution in [2.75, 3.05) is 31.1 Å². The van der Waals surface area contributed by atoms with Gasteiger partial charge in [-0.25, -0.2) is 9.98 Å². The minimum atomic E-state index is -0.227. The second-order valence-corrected chi connectivity index (χ2v) is 6.90. The maximum absolute atomic E-state index is 11.5. The van der Waals surface area contributed by atoms with E-state index in [1.807, 2.05) is 12.1 Å². The van der Waals surface area contributed by atoms with E-state index in [2.05, 4.69) is 19.8 Å². The standard InChI is InChI=1S/C18H28N6O.HI/c19-16(25)15-7-5-11-24(13-15)17-14(6-4-8-21-17)12-22-18(20)23-9-2-1-3-10-23;/h4,6,8,15H,1-3,5,7,9-13H2,(H2,19,25)(H2,20,22);1H. The number of rotatable bonds is 4. The minimum Gasteiger partial charge on any atom is -0.370 e. The summed E-state index contributed by atoms with van der Waals surface area (Å²) in [6.45, 7) is 4.00. The first-order chi connectivity index (χ1) is 12.1. The molecular weight excluding hydrogens is 443 g/mol. The van der Waals surface area contributed by atoms with Gasteiger partial charge in [-0.1, -0.05) is 6.07 Å². The van der Waals surface area contributed by atoms with Crippen LogP contribution in [0.3, 0.4) is 0 Å². The number of hydrogen-bond donors (Lipinski definition) is 2. The summed E-state index contributed by atoms with van der Waals surface area (Å²) in [5.41, 5.74) is 12.7. The summed E-state index contributed by atoms with van der Waals surface area (Å²) in [7, 11) is 0. The molecule has 3 heterocycles. The van der Waals surface area contributed by atoms with E-state index < -0.39 is 0 Å². The first kappa shape index (κ1) is 20.7. The van der Waals surface area contributed by atoms with Crippen LogP contribution in [0.2, 0.25) is 0 Å². The molecule has 26 heavy (non-hydrogen) atoms. The summed E-state index contributed by atoms with van der Waals surface area (Å²) in [6.07, 6.45) is 7.21. The molecule has 0 saturated carbocycles. The molecule has 1 amide bonds. The van der Waals surface area contributed by atoms with Crippen LogP contribution in [-0.2, 0) is 11.3 Å². The summed E-state index contributed by atoms with van der Waals surface area (Å²) in [5.74, 6) is 1.17. The Hall–Kier alpha value is -1.58. The van der Waals surface area contributed by atoms with Crippen LogP contribution in [0.4, 0.5) is 5.82 Å². The van der Waals surface area contributed by atoms with Gasteiger partial charge in [0, 0.05) is 37.9 Å². The third kappa shape index (κ3) is 5.21. The second-order valence-electron chi connectivity index (χ2n) is 6.90. The molecule has 1 unspecified atom stereocenters. The van der Waals surface area contributed by atoms with Crippen molar-refractivity contribution in [3.8, 4) is 0 Å². The number of pyridine rings is 1. The van der Waals surface area contributed by atoms with Gasteiger partial charge in [0.15, 0.2) is 5.96 Å². The fraction of sp³-hybridized carbons (Fsp3) is 0.611. The number of primary amides is 1. The molecule has 1 aromatic heterocycles. The minimum absolute atomic E-state index is 0. The molecule has 2 fully saturated rings. The average molecular weight is 472 g/mol. The number of carbonyl (C=O) groups is 1. The number of aromatic nitrogens is 1. The van der Waals surface area contributed by atoms with Crippen LogP contribution < -0.4 is 16.4 Å². The van der Waals surface area contributed by atoms with Gasteiger partial charge in [-0.15, -0.1) is 24.0 Å². The van der Waals surface area contributed by atoms with Gasteiger partial charge in [0.05, 0.1) is 12.5 Å². The van der Waals surface area contributed by atoms with Crippen molar-refractivity contribution in [2.24, 2.45) is 22.4 Å². The summed E-state index contributed by atoms with van der Waals surface area (Å²) in [6, 6.07) is 3.95. The predicted octanol–water partition coefficient (Wildman–Crippen LogP) is 1.70. The van der Waals surface area contributed by atoms with Crippen LogP contribution >= 0.6 is 24.0 Å². The van der Waals surface area contributed by atoms with E-state index in [1.165, 1.54) is 19.3 Å². The Kier molecular flexibility index (Phi) is 7.92. The molecule has 144 valence electrons. The molecule has 4 N–H and O–H groups in total. The molecule has 2 aliphatic heterocycles. The lowest BCUT2D eigenvalue weighted by atomic mass is 9.97. The lowest BCUT2D eigenvalue weighted by molar-refractivity contribution is -0.122. The molecule has 2 aliphatic rings. The monoisotopic (exact) mass is 472 g/mol. The normalized spacial score (nSPS) is 21.2. The Bertz CT molecular complexity index is 632. The number of guanidine groups is 1. The zero-order valence-electron chi connectivity index (χ0n) is 15.1. The second kappa shape index (κ2) is 9.94. The Morgan fingerprint density at radius 2 is 1.96 bits per heavy atom. The molecule has 7 nitrogen and oxygen atoms in total. The van der Waals surface area contributed by atoms with Gasteiger partial charge in [-0.05, 0) is 38.2 Å². The van der Waals surface area contributed by atoms with Gasteiger partial charge in [-0.2, -0.15) is 0 Å². The van der Waals surface area contributed by atoms with Gasteiger partial charge in [0.1, 0.15) is 5.82 Å². The number of nitrogens with zero attached hydrogens (tertiary/aromatic N) is 4. The number of nitrogens with two attached hydrogens (primary N) is 2. The van der Waals surface area contributed by atoms with Crippen molar-refractivity contribution in [2.45, 2.75) is 38.6 Å². The number of aliphatic imine (C=N–C) groups is 1. The smallest absolute Gasteiger partial charge is 0.222 e. The van der Waals surface area contributed by atoms with E-state index in [0.717, 1.165) is 43.9 Å². The van der Waals surface area contributed by atoms with Crippen molar-refractivity contribution < 1.29 is 4.79 Å². The van der Waals surface area contributed by atoms with Gasteiger partial charge < -0.3 is 21.3 Å². The molecular formula is C18H29IN6O. The number of anilines is 1. The van der Waals surface area contributed by atoms with Crippen molar-refractivity contribution >= 4 is 41.7 Å². The fourth-order valence-corrected chi connectivity index (χ4v) is 3.63. The summed E-state index contributed by atoms with van der Waals surface area (Å²) < 4.78 is 0. The SMILES string of the molecule is I.NC(=O)C1CCCN(c2ncccc2CN=C(N)N2CCCCC2)C1. The van der Waals surface area contributed by atoms with E-state index in [9.17, 15) is 4.79 Å². The molecule has 2 saturated heterocycles. The molecule has 1 atom stereocenters. The highest BCUT2D eigenvalue weighted by Gasteiger charge is 2.26. The maximum Gasteiger partial charge on any atom is 0.222 e. The van der Waals surface area contributed by atoms with Crippen LogP contribution in [-0.4, -0.2) is 47.9 Å². The van der Waals surface area contributed by atoms with Gasteiger partial charge in [0.25, 0.3) is 0 Å². The van der Waals surface area contributed by atoms with E-state index in [1.54, 1.807) is 6.20 Å². The fourth-order valence-electron chi connectivity index (χ4n) is 3.63. The molecule has 0 aliphatic carbocycles. The molecule has 0 spiro atoms. The average Bonchev–Trinajstić information content (AvgIpc) is 2.67. The summed E-state index contributed by atoms with van der Waals surface area (Å²) in [4.78, 5) is 25.0. The summed E-state index contributed by atoms with van der Waals surface area (Å²) >= 11 is 0. The van der Waals surface area contributed by atoms with Crippen molar-refractivity contribution in [1.29, 1.82) is 0 Å². The van der Waals surface area contributed by atoms with Crippen LogP contribution in [0.25, 0.3) is 0 Å². The number of halogens is 1. The third-order valence-electron chi connectivity index (χ3n) is 5.08. The molecule has 1 aromatic rings. The van der Waals surface area contributed by atoms with Crippen molar-refractivity contribution in [1.82, 2.24) is 9.88 Å². The van der Waals surface area contributed by atoms with Gasteiger partial charge >= 0.3 is 0 Å². The van der Waals surface area contributed by atoms with E-state index >= 15 is 0 Å². The molecule has 8 heteroatoms. The van der Waals surface area contributed by atoms with E-state index in [4.69, 9.17) is 11.5 Å². The van der Waals surface area contributed by atoms with Crippen LogP contribution in [0, 0.1) is 5.92 Å². The predicted molar refractivity (Wildman–Crippen MR) is 115 cm³/mol. The largest absolute Gasteiger partial charge is 0.370 e. The Morgan fingerprint density at radius 1 is 1.19 bits per heavy atom. The van der Waals surface area contributed by atoms with E-state index in [-0.39, 0.29) is 35.8 Å². The number of carbonyl (C=O) groups excluding carboxylic acids is 1. The number of hydrogen-bond acceptors (Lipinski definition) is 4. The Labute approximate surface area is 172 Å². The first-order valence-electron chi connectivity index (χ1n) is 9.18. The highest BCUT2D eigenvalue weighted by Crippen LogP contribution is 2.25. The highest BCUT2D eigenvalue weighted by molar-refractivity contribution is 14.0. The van der Waals surface area contributed by atoms with Crippen LogP contribution in [0.15, 0.2) is 23.3 Å². The zero-order chi connectivity index (χ0) is 17.6. The lowest BCUT2D eigenvalue weighted by Gasteiger charge is -2.33. The molecule has 0 radical (unpaired) electrons. The molecule has 0 bridgehead atoms. The number of piperidine rings is 2. The first-order valence-corrected chi connectivity index (χ1v) is 9.18. The maximum atomic E-state index is 11.5. The Morgan fingerprint density at radius 3 is 2.69 bits per heavy atom. The van der Waals surface area contributed by atoms with Crippen LogP contribution in [0.1, 0.15) is 37.7 Å². The summed E-state index contributed by atoms with van der Waals surface area (Å²) in [5, 5.41) is 0. The lowest BCUT2D eigenvalue weighted by Crippen LogP contribution is -2.42. The van der Waals surface area contributed by atoms with E-state index in [0.29, 0.717) is 19.0 Å². The number of amides is 1. The highest BCUT2D eigenvalue weighted by atomic mass is 127. The topological polar surface area (TPSA) is 101 Å². The van der Waals surface area contributed by atoms with Crippen LogP contribution in [0.5, 0.6) is 0 Å². The third-order valence-corrected chi connectivity index (χ3v) is 5.08. The van der Waals surface area contributed by atoms with Crippen molar-refractivity contribution in [3.63, 3.8) is 0 Å². The van der Waals surface area contributed by atoms with Crippen molar-refractivity contribution in [3.05, 3.63) is 23.9 Å². The number of likely N-dealkylation sites (tertiary alicyclic amines) is 1.